The SMILES string of the molecule is CN=C(NCCCc1ccc(O)cc1)N1CCN(c2ccccc2OC)CC1. The Labute approximate surface area is 167 Å². The summed E-state index contributed by atoms with van der Waals surface area (Å²) in [7, 11) is 3.56. The molecule has 0 atom stereocenters. The van der Waals surface area contributed by atoms with Gasteiger partial charge in [-0.25, -0.2) is 0 Å². The van der Waals surface area contributed by atoms with E-state index in [1.54, 1.807) is 19.2 Å². The lowest BCUT2D eigenvalue weighted by Crippen LogP contribution is -2.52. The first-order valence-electron chi connectivity index (χ1n) is 9.82. The van der Waals surface area contributed by atoms with Crippen LogP contribution in [-0.2, 0) is 6.42 Å². The van der Waals surface area contributed by atoms with Crippen molar-refractivity contribution >= 4 is 11.6 Å². The Balaban J connectivity index is 1.45. The topological polar surface area (TPSA) is 60.3 Å². The number of phenols is 1. The average Bonchev–Trinajstić information content (AvgIpc) is 2.75. The maximum absolute atomic E-state index is 9.35. The number of aliphatic imine (C=N–C) groups is 1. The summed E-state index contributed by atoms with van der Waals surface area (Å²) in [6, 6.07) is 15.6. The van der Waals surface area contributed by atoms with Crippen molar-refractivity contribution < 1.29 is 9.84 Å². The van der Waals surface area contributed by atoms with E-state index < -0.39 is 0 Å². The number of aryl methyl sites for hydroxylation is 1. The number of guanidine groups is 1. The standard InChI is InChI=1S/C22H30N4O2/c1-23-22(24-13-5-6-18-9-11-19(27)12-10-18)26-16-14-25(15-17-26)20-7-3-4-8-21(20)28-2/h3-4,7-12,27H,5-6,13-17H2,1-2H3,(H,23,24). The Morgan fingerprint density at radius 3 is 2.46 bits per heavy atom. The van der Waals surface area contributed by atoms with Gasteiger partial charge in [0.2, 0.25) is 0 Å². The fourth-order valence-electron chi connectivity index (χ4n) is 3.54. The summed E-state index contributed by atoms with van der Waals surface area (Å²) in [6.07, 6.45) is 2.00. The lowest BCUT2D eigenvalue weighted by atomic mass is 10.1. The minimum Gasteiger partial charge on any atom is -0.508 e. The van der Waals surface area contributed by atoms with E-state index >= 15 is 0 Å². The molecule has 0 unspecified atom stereocenters. The van der Waals surface area contributed by atoms with Gasteiger partial charge in [-0.05, 0) is 42.7 Å². The van der Waals surface area contributed by atoms with Gasteiger partial charge in [-0.2, -0.15) is 0 Å². The Bertz CT molecular complexity index is 768. The second-order valence-electron chi connectivity index (χ2n) is 6.89. The molecule has 0 bridgehead atoms. The Morgan fingerprint density at radius 1 is 1.07 bits per heavy atom. The van der Waals surface area contributed by atoms with Gasteiger partial charge in [-0.1, -0.05) is 24.3 Å². The molecule has 0 radical (unpaired) electrons. The number of aromatic hydroxyl groups is 1. The van der Waals surface area contributed by atoms with Gasteiger partial charge in [0.05, 0.1) is 12.8 Å². The first kappa shape index (κ1) is 19.9. The van der Waals surface area contributed by atoms with Crippen molar-refractivity contribution in [2.24, 2.45) is 4.99 Å². The molecule has 1 fully saturated rings. The summed E-state index contributed by atoms with van der Waals surface area (Å²) >= 11 is 0. The van der Waals surface area contributed by atoms with E-state index in [1.165, 1.54) is 5.56 Å². The lowest BCUT2D eigenvalue weighted by molar-refractivity contribution is 0.367. The van der Waals surface area contributed by atoms with Crippen molar-refractivity contribution in [3.8, 4) is 11.5 Å². The molecule has 150 valence electrons. The first-order chi connectivity index (χ1) is 13.7. The van der Waals surface area contributed by atoms with Crippen molar-refractivity contribution in [3.63, 3.8) is 0 Å². The van der Waals surface area contributed by atoms with E-state index in [0.29, 0.717) is 5.75 Å². The number of piperazine rings is 1. The van der Waals surface area contributed by atoms with Gasteiger partial charge in [0, 0.05) is 39.8 Å². The molecule has 0 spiro atoms. The highest BCUT2D eigenvalue weighted by Gasteiger charge is 2.21. The summed E-state index contributed by atoms with van der Waals surface area (Å²) in [5, 5.41) is 12.8. The van der Waals surface area contributed by atoms with Crippen LogP contribution in [0, 0.1) is 0 Å². The molecular weight excluding hydrogens is 352 g/mol. The molecule has 6 nitrogen and oxygen atoms in total. The molecule has 0 aliphatic carbocycles. The number of hydrogen-bond acceptors (Lipinski definition) is 4. The third-order valence-electron chi connectivity index (χ3n) is 5.08. The van der Waals surface area contributed by atoms with Gasteiger partial charge in [0.1, 0.15) is 11.5 Å². The van der Waals surface area contributed by atoms with Crippen LogP contribution in [0.1, 0.15) is 12.0 Å². The van der Waals surface area contributed by atoms with Crippen LogP contribution < -0.4 is 15.0 Å². The molecule has 1 aliphatic rings. The highest BCUT2D eigenvalue weighted by atomic mass is 16.5. The van der Waals surface area contributed by atoms with E-state index in [1.807, 2.05) is 31.3 Å². The summed E-state index contributed by atoms with van der Waals surface area (Å²) in [4.78, 5) is 9.14. The van der Waals surface area contributed by atoms with Crippen molar-refractivity contribution in [2.45, 2.75) is 12.8 Å². The van der Waals surface area contributed by atoms with Crippen LogP contribution in [0.2, 0.25) is 0 Å². The molecule has 28 heavy (non-hydrogen) atoms. The summed E-state index contributed by atoms with van der Waals surface area (Å²) in [5.74, 6) is 2.20. The molecule has 0 aromatic heterocycles. The number of para-hydroxylation sites is 2. The number of anilines is 1. The predicted octanol–water partition coefficient (Wildman–Crippen LogP) is 2.73. The van der Waals surface area contributed by atoms with Gasteiger partial charge < -0.3 is 25.0 Å². The molecule has 0 amide bonds. The van der Waals surface area contributed by atoms with Gasteiger partial charge in [0.25, 0.3) is 0 Å². The number of nitrogens with one attached hydrogen (secondary N) is 1. The Morgan fingerprint density at radius 2 is 1.79 bits per heavy atom. The van der Waals surface area contributed by atoms with Gasteiger partial charge in [-0.3, -0.25) is 4.99 Å². The van der Waals surface area contributed by atoms with Crippen LogP contribution in [0.5, 0.6) is 11.5 Å². The van der Waals surface area contributed by atoms with E-state index in [2.05, 4.69) is 32.2 Å². The van der Waals surface area contributed by atoms with Crippen molar-refractivity contribution in [1.29, 1.82) is 0 Å². The summed E-state index contributed by atoms with van der Waals surface area (Å²) < 4.78 is 5.50. The summed E-state index contributed by atoms with van der Waals surface area (Å²) in [5.41, 5.74) is 2.39. The number of benzene rings is 2. The van der Waals surface area contributed by atoms with E-state index in [0.717, 1.165) is 63.0 Å². The number of rotatable bonds is 6. The highest BCUT2D eigenvalue weighted by Crippen LogP contribution is 2.28. The van der Waals surface area contributed by atoms with Crippen LogP contribution in [-0.4, -0.2) is 62.8 Å². The number of phenolic OH excluding ortho intramolecular Hbond substituents is 1. The minimum atomic E-state index is 0.314. The summed E-state index contributed by atoms with van der Waals surface area (Å²) in [6.45, 7) is 4.61. The highest BCUT2D eigenvalue weighted by molar-refractivity contribution is 5.80. The van der Waals surface area contributed by atoms with Gasteiger partial charge in [0.15, 0.2) is 5.96 Å². The van der Waals surface area contributed by atoms with Crippen LogP contribution in [0.4, 0.5) is 5.69 Å². The third-order valence-corrected chi connectivity index (χ3v) is 5.08. The molecular formula is C22H30N4O2. The minimum absolute atomic E-state index is 0.314. The molecule has 1 heterocycles. The van der Waals surface area contributed by atoms with E-state index in [4.69, 9.17) is 4.74 Å². The molecule has 3 rings (SSSR count). The van der Waals surface area contributed by atoms with Crippen molar-refractivity contribution in [3.05, 3.63) is 54.1 Å². The fourth-order valence-corrected chi connectivity index (χ4v) is 3.54. The zero-order valence-corrected chi connectivity index (χ0v) is 16.8. The van der Waals surface area contributed by atoms with Gasteiger partial charge >= 0.3 is 0 Å². The number of ether oxygens (including phenoxy) is 1. The Hall–Kier alpha value is -2.89. The molecule has 2 N–H and O–H groups in total. The molecule has 6 heteroatoms. The normalized spacial score (nSPS) is 14.9. The quantitative estimate of drug-likeness (QED) is 0.457. The maximum atomic E-state index is 9.35. The van der Waals surface area contributed by atoms with Gasteiger partial charge in [-0.15, -0.1) is 0 Å². The zero-order valence-electron chi connectivity index (χ0n) is 16.8. The fraction of sp³-hybridized carbons (Fsp3) is 0.409. The first-order valence-corrected chi connectivity index (χ1v) is 9.82. The number of hydrogen-bond donors (Lipinski definition) is 2. The maximum Gasteiger partial charge on any atom is 0.193 e. The molecule has 0 saturated carbocycles. The number of nitrogens with zero attached hydrogens (tertiary/aromatic N) is 3. The second kappa shape index (κ2) is 9.88. The largest absolute Gasteiger partial charge is 0.508 e. The van der Waals surface area contributed by atoms with E-state index in [9.17, 15) is 5.11 Å². The molecule has 2 aromatic carbocycles. The van der Waals surface area contributed by atoms with Crippen LogP contribution in [0.15, 0.2) is 53.5 Å². The molecule has 1 saturated heterocycles. The van der Waals surface area contributed by atoms with Crippen LogP contribution in [0.3, 0.4) is 0 Å². The van der Waals surface area contributed by atoms with E-state index in [-0.39, 0.29) is 0 Å². The smallest absolute Gasteiger partial charge is 0.193 e. The lowest BCUT2D eigenvalue weighted by Gasteiger charge is -2.38. The van der Waals surface area contributed by atoms with Crippen LogP contribution in [0.25, 0.3) is 0 Å². The average molecular weight is 383 g/mol. The van der Waals surface area contributed by atoms with Crippen molar-refractivity contribution in [1.82, 2.24) is 10.2 Å². The van der Waals surface area contributed by atoms with Crippen LogP contribution >= 0.6 is 0 Å². The second-order valence-corrected chi connectivity index (χ2v) is 6.89. The third kappa shape index (κ3) is 5.09. The Kier molecular flexibility index (Phi) is 7.00. The molecule has 2 aromatic rings. The monoisotopic (exact) mass is 382 g/mol. The molecule has 1 aliphatic heterocycles. The number of methoxy groups -OCH3 is 1. The van der Waals surface area contributed by atoms with Crippen molar-refractivity contribution in [2.75, 3.05) is 51.8 Å². The predicted molar refractivity (Wildman–Crippen MR) is 115 cm³/mol. The zero-order chi connectivity index (χ0) is 19.8.